The van der Waals surface area contributed by atoms with E-state index >= 15 is 0 Å². The lowest BCUT2D eigenvalue weighted by atomic mass is 10.2. The minimum absolute atomic E-state index is 0.000250. The number of nitrogens with two attached hydrogens (primary N) is 4. The first kappa shape index (κ1) is 35.6. The molecular formula is C32H24N12O8S4. The molecule has 12 N–H and O–H groups in total. The number of nitrogens with one attached hydrogen (secondary N) is 4. The summed E-state index contributed by atoms with van der Waals surface area (Å²) in [4.78, 5) is 24.8. The van der Waals surface area contributed by atoms with Crippen LogP contribution in [-0.4, -0.2) is 53.6 Å². The van der Waals surface area contributed by atoms with Crippen molar-refractivity contribution in [2.45, 2.75) is 19.6 Å². The minimum atomic E-state index is -5.51. The Hall–Kier alpha value is -6.12. The van der Waals surface area contributed by atoms with Crippen molar-refractivity contribution < 1.29 is 33.7 Å². The summed E-state index contributed by atoms with van der Waals surface area (Å²) in [7, 11) is -21.8. The lowest BCUT2D eigenvalue weighted by Gasteiger charge is -2.16. The van der Waals surface area contributed by atoms with Crippen molar-refractivity contribution >= 4 is 106 Å². The highest BCUT2D eigenvalue weighted by molar-refractivity contribution is 7.95. The van der Waals surface area contributed by atoms with Gasteiger partial charge >= 0.3 is 0 Å². The van der Waals surface area contributed by atoms with E-state index in [9.17, 15) is 33.7 Å². The van der Waals surface area contributed by atoms with Gasteiger partial charge in [-0.05, 0) is 0 Å². The largest absolute Gasteiger partial charge is 0.324 e. The highest BCUT2D eigenvalue weighted by atomic mass is 32.2. The summed E-state index contributed by atoms with van der Waals surface area (Å²) < 4.78 is 107. The van der Waals surface area contributed by atoms with Gasteiger partial charge in [0.25, 0.3) is 0 Å². The Morgan fingerprint density at radius 3 is 0.875 bits per heavy atom. The molecule has 1 aliphatic heterocycles. The number of nitrogens with zero attached hydrogens (tertiary/aromatic N) is 4. The van der Waals surface area contributed by atoms with E-state index in [1.54, 1.807) is 48.5 Å². The van der Waals surface area contributed by atoms with Gasteiger partial charge < -0.3 is 19.9 Å². The van der Waals surface area contributed by atoms with Crippen LogP contribution in [0, 0.1) is 0 Å². The molecule has 8 bridgehead atoms. The van der Waals surface area contributed by atoms with Crippen LogP contribution in [0.1, 0.15) is 0 Å². The topological polar surface area (TPSA) is 353 Å². The number of sulfonamides is 4. The van der Waals surface area contributed by atoms with Crippen LogP contribution in [0.2, 0.25) is 0 Å². The van der Waals surface area contributed by atoms with Gasteiger partial charge in [0, 0.05) is 32.3 Å². The third kappa shape index (κ3) is 5.46. The van der Waals surface area contributed by atoms with E-state index in [1.807, 2.05) is 24.3 Å². The number of rotatable bonds is 4. The molecule has 0 radical (unpaired) electrons. The van der Waals surface area contributed by atoms with Gasteiger partial charge in [-0.25, -0.2) is 74.2 Å². The molecule has 0 amide bonds. The average molecular weight is 833 g/mol. The van der Waals surface area contributed by atoms with Crippen LogP contribution >= 0.6 is 0 Å². The van der Waals surface area contributed by atoms with Crippen LogP contribution in [0.25, 0.3) is 43.1 Å². The number of hydrogen-bond donors (Lipinski definition) is 8. The van der Waals surface area contributed by atoms with Crippen molar-refractivity contribution in [2.24, 2.45) is 40.5 Å². The number of primary sulfonamides is 4. The van der Waals surface area contributed by atoms with Crippen molar-refractivity contribution in [3.05, 3.63) is 94.7 Å². The van der Waals surface area contributed by atoms with Crippen molar-refractivity contribution in [3.8, 4) is 0 Å². The molecule has 9 rings (SSSR count). The molecule has 0 saturated heterocycles. The molecule has 0 spiro atoms. The molecule has 1 aliphatic rings. The maximum absolute atomic E-state index is 13.5. The number of aromatic nitrogens is 4. The second-order valence-electron chi connectivity index (χ2n) is 12.6. The third-order valence-electron chi connectivity index (χ3n) is 9.09. The summed E-state index contributed by atoms with van der Waals surface area (Å²) in [6, 6.07) is 20.9. The minimum Gasteiger partial charge on any atom is -0.324 e. The van der Waals surface area contributed by atoms with Gasteiger partial charge in [-0.2, -0.15) is 0 Å². The molecule has 284 valence electrons. The zero-order valence-electron chi connectivity index (χ0n) is 27.9. The quantitative estimate of drug-likeness (QED) is 0.122. The summed E-state index contributed by atoms with van der Waals surface area (Å²) in [5.41, 5.74) is -0.308. The smallest absolute Gasteiger partial charge is 0.240 e. The Kier molecular flexibility index (Phi) is 7.43. The van der Waals surface area contributed by atoms with Crippen LogP contribution in [0.5, 0.6) is 0 Å². The van der Waals surface area contributed by atoms with Crippen LogP contribution in [0.4, 0.5) is 23.3 Å². The maximum Gasteiger partial charge on any atom is 0.240 e. The molecular weight excluding hydrogens is 809 g/mol. The molecule has 0 unspecified atom stereocenters. The maximum atomic E-state index is 13.5. The molecule has 56 heavy (non-hydrogen) atoms. The number of fused-ring (bicyclic) bond motifs is 20. The summed E-state index contributed by atoms with van der Waals surface area (Å²) in [5, 5.41) is 23.7. The first-order chi connectivity index (χ1) is 26.3. The molecule has 0 aliphatic carbocycles. The van der Waals surface area contributed by atoms with E-state index < -0.39 is 81.4 Å². The van der Waals surface area contributed by atoms with Crippen LogP contribution in [0.15, 0.2) is 112 Å². The van der Waals surface area contributed by atoms with E-state index in [4.69, 9.17) is 30.5 Å². The fraction of sp³-hybridized carbons (Fsp3) is 0. The lowest BCUT2D eigenvalue weighted by molar-refractivity contribution is 0.568. The van der Waals surface area contributed by atoms with Gasteiger partial charge in [-0.1, -0.05) is 72.8 Å². The Morgan fingerprint density at radius 2 is 0.589 bits per heavy atom. The molecule has 8 aromatic rings. The van der Waals surface area contributed by atoms with Crippen LogP contribution < -0.4 is 42.5 Å². The van der Waals surface area contributed by atoms with Gasteiger partial charge in [0.05, 0.1) is 10.8 Å². The summed E-state index contributed by atoms with van der Waals surface area (Å²) in [5.74, 6) is 0.522. The van der Waals surface area contributed by atoms with E-state index in [-0.39, 0.29) is 23.3 Å². The molecule has 0 fully saturated rings. The molecule has 4 aromatic carbocycles. The van der Waals surface area contributed by atoms with Gasteiger partial charge in [0.1, 0.15) is 64.8 Å². The molecule has 0 atom stereocenters. The van der Waals surface area contributed by atoms with E-state index in [0.717, 1.165) is 0 Å². The second kappa shape index (κ2) is 11.7. The van der Waals surface area contributed by atoms with E-state index in [0.29, 0.717) is 43.3 Å². The van der Waals surface area contributed by atoms with Gasteiger partial charge in [0.15, 0.2) is 0 Å². The Labute approximate surface area is 313 Å². The number of hydrogen-bond acceptors (Lipinski definition) is 12. The monoisotopic (exact) mass is 832 g/mol. The average Bonchev–Trinajstić information content (AvgIpc) is 3.84. The van der Waals surface area contributed by atoms with Gasteiger partial charge in [0.2, 0.25) is 40.1 Å². The molecule has 20 nitrogen and oxygen atoms in total. The Bertz CT molecular complexity index is 3590. The van der Waals surface area contributed by atoms with Crippen molar-refractivity contribution in [2.75, 3.05) is 0 Å². The molecule has 24 heteroatoms. The second-order valence-corrected chi connectivity index (χ2v) is 18.6. The first-order valence-corrected chi connectivity index (χ1v) is 22.0. The normalized spacial score (nSPS) is 13.8. The number of benzene rings is 4. The zero-order valence-corrected chi connectivity index (χ0v) is 31.2. The molecule has 5 heterocycles. The van der Waals surface area contributed by atoms with Crippen molar-refractivity contribution in [1.29, 1.82) is 0 Å². The first-order valence-electron chi connectivity index (χ1n) is 15.9. The zero-order chi connectivity index (χ0) is 39.7. The Balaban J connectivity index is 1.64. The lowest BCUT2D eigenvalue weighted by Crippen LogP contribution is -2.30. The van der Waals surface area contributed by atoms with Gasteiger partial charge in [-0.15, -0.1) is 0 Å². The summed E-state index contributed by atoms with van der Waals surface area (Å²) in [6.07, 6.45) is 0. The predicted molar refractivity (Wildman–Crippen MR) is 202 cm³/mol. The summed E-state index contributed by atoms with van der Waals surface area (Å²) >= 11 is 0. The fourth-order valence-corrected chi connectivity index (χ4v) is 12.3. The summed E-state index contributed by atoms with van der Waals surface area (Å²) in [6.45, 7) is 0. The number of aromatic amines is 4. The fourth-order valence-electron chi connectivity index (χ4n) is 6.98. The van der Waals surface area contributed by atoms with E-state index in [2.05, 4.69) is 29.9 Å². The number of H-pyrrole nitrogens is 4. The SMILES string of the molecule is NS(=O)(=O)c1c(S(N)(=O)=O)c(S(N)(=O)=O)c2c3[nH]c(c2c1S(N)(=O)=O)=Nc1[nH]c(c2ccccc12)N=c1[nH]c(c2ccccc12)=Nc1[nH]c(c2ccccc12)N=3. The molecule has 0 saturated carbocycles. The van der Waals surface area contributed by atoms with Crippen LogP contribution in [-0.2, 0) is 40.1 Å². The van der Waals surface area contributed by atoms with Crippen LogP contribution in [0.3, 0.4) is 0 Å². The Morgan fingerprint density at radius 1 is 0.339 bits per heavy atom. The highest BCUT2D eigenvalue weighted by Gasteiger charge is 2.41. The third-order valence-corrected chi connectivity index (χ3v) is 13.4. The van der Waals surface area contributed by atoms with Crippen molar-refractivity contribution in [1.82, 2.24) is 19.9 Å². The van der Waals surface area contributed by atoms with E-state index in [1.165, 1.54) is 0 Å². The standard InChI is InChI=1S/C32H24N12O8S4/c33-53(45,46)21-19-20(22(54(34,47)48)24(56(36,51)52)23(21)55(35,49)50)32-43-30-18-12-6-4-10-16(18)28(41-30)39-26-14-8-2-1-7-13(14)25(37-26)38-27-15-9-3-5-11-17(15)29(40-27)42-31(19)44-32/h1-12H,(H2,33,45,46)(H2,34,47,48)(H2,35,49,50)(H2,36,51,52)(H4,37,38,39,40,41,42,43,44). The highest BCUT2D eigenvalue weighted by Crippen LogP contribution is 2.39. The van der Waals surface area contributed by atoms with Crippen molar-refractivity contribution in [3.63, 3.8) is 0 Å². The molecule has 4 aromatic heterocycles. The van der Waals surface area contributed by atoms with Gasteiger partial charge in [-0.3, -0.25) is 0 Å². The predicted octanol–water partition coefficient (Wildman–Crippen LogP) is 0.320.